The lowest BCUT2D eigenvalue weighted by atomic mass is 10.0. The average Bonchev–Trinajstić information content (AvgIpc) is 2.34. The lowest BCUT2D eigenvalue weighted by Gasteiger charge is -2.04. The predicted octanol–water partition coefficient (Wildman–Crippen LogP) is 2.83. The molecular formula is C15H16O3. The van der Waals surface area contributed by atoms with Crippen LogP contribution in [0.15, 0.2) is 45.6 Å². The lowest BCUT2D eigenvalue weighted by Crippen LogP contribution is -2.08. The maximum atomic E-state index is 11.6. The summed E-state index contributed by atoms with van der Waals surface area (Å²) in [4.78, 5) is 11.6. The molecule has 0 fully saturated rings. The maximum Gasteiger partial charge on any atom is 0.342 e. The molecule has 1 N–H and O–H groups in total. The second-order valence-electron chi connectivity index (χ2n) is 4.35. The molecule has 0 saturated heterocycles. The molecule has 0 aliphatic carbocycles. The molecule has 0 spiro atoms. The Kier molecular flexibility index (Phi) is 3.82. The summed E-state index contributed by atoms with van der Waals surface area (Å²) >= 11 is 0. The molecule has 0 amide bonds. The molecule has 0 atom stereocenters. The van der Waals surface area contributed by atoms with Crippen molar-refractivity contribution >= 4 is 0 Å². The number of benzene rings is 1. The van der Waals surface area contributed by atoms with E-state index in [0.29, 0.717) is 17.7 Å². The minimum atomic E-state index is -0.430. The third-order valence-electron chi connectivity index (χ3n) is 2.88. The van der Waals surface area contributed by atoms with Crippen molar-refractivity contribution in [2.45, 2.75) is 26.2 Å². The molecule has 3 nitrogen and oxygen atoms in total. The van der Waals surface area contributed by atoms with Gasteiger partial charge in [-0.15, -0.1) is 0 Å². The van der Waals surface area contributed by atoms with Crippen molar-refractivity contribution in [1.29, 1.82) is 0 Å². The largest absolute Gasteiger partial charge is 0.507 e. The van der Waals surface area contributed by atoms with E-state index < -0.39 is 5.63 Å². The fraction of sp³-hybridized carbons (Fsp3) is 0.267. The van der Waals surface area contributed by atoms with Crippen molar-refractivity contribution in [3.63, 3.8) is 0 Å². The number of hydrogen-bond acceptors (Lipinski definition) is 3. The zero-order valence-corrected chi connectivity index (χ0v) is 10.3. The first kappa shape index (κ1) is 12.4. The molecule has 1 aromatic carbocycles. The zero-order valence-electron chi connectivity index (χ0n) is 10.3. The molecule has 2 rings (SSSR count). The van der Waals surface area contributed by atoms with Crippen LogP contribution in [-0.4, -0.2) is 5.11 Å². The first-order valence-corrected chi connectivity index (χ1v) is 6.03. The third kappa shape index (κ3) is 3.00. The predicted molar refractivity (Wildman–Crippen MR) is 69.8 cm³/mol. The number of rotatable bonds is 4. The van der Waals surface area contributed by atoms with Gasteiger partial charge in [-0.05, 0) is 31.7 Å². The highest BCUT2D eigenvalue weighted by molar-refractivity contribution is 5.29. The topological polar surface area (TPSA) is 50.4 Å². The van der Waals surface area contributed by atoms with Gasteiger partial charge in [-0.3, -0.25) is 0 Å². The van der Waals surface area contributed by atoms with Crippen LogP contribution in [0.2, 0.25) is 0 Å². The van der Waals surface area contributed by atoms with Gasteiger partial charge in [0.25, 0.3) is 0 Å². The van der Waals surface area contributed by atoms with Crippen LogP contribution in [0.25, 0.3) is 0 Å². The zero-order chi connectivity index (χ0) is 13.0. The average molecular weight is 244 g/mol. The molecule has 0 aliphatic heterocycles. The van der Waals surface area contributed by atoms with Crippen molar-refractivity contribution in [2.75, 3.05) is 0 Å². The molecule has 94 valence electrons. The van der Waals surface area contributed by atoms with Crippen LogP contribution in [0.1, 0.15) is 23.3 Å². The van der Waals surface area contributed by atoms with E-state index in [1.807, 2.05) is 18.2 Å². The van der Waals surface area contributed by atoms with E-state index >= 15 is 0 Å². The van der Waals surface area contributed by atoms with E-state index in [9.17, 15) is 9.90 Å². The van der Waals surface area contributed by atoms with Gasteiger partial charge >= 0.3 is 5.63 Å². The molecule has 0 radical (unpaired) electrons. The molecule has 0 unspecified atom stereocenters. The quantitative estimate of drug-likeness (QED) is 0.899. The summed E-state index contributed by atoms with van der Waals surface area (Å²) in [5, 5.41) is 9.71. The molecule has 18 heavy (non-hydrogen) atoms. The SMILES string of the molecule is Cc1cc(O)c(CCCc2ccccc2)c(=O)o1. The van der Waals surface area contributed by atoms with Crippen LogP contribution in [-0.2, 0) is 12.8 Å². The molecule has 1 heterocycles. The van der Waals surface area contributed by atoms with Crippen LogP contribution < -0.4 is 5.63 Å². The smallest absolute Gasteiger partial charge is 0.342 e. The van der Waals surface area contributed by atoms with Gasteiger partial charge in [-0.25, -0.2) is 4.79 Å². The summed E-state index contributed by atoms with van der Waals surface area (Å²) in [6.07, 6.45) is 2.22. The van der Waals surface area contributed by atoms with E-state index in [2.05, 4.69) is 12.1 Å². The van der Waals surface area contributed by atoms with Crippen molar-refractivity contribution < 1.29 is 9.52 Å². The standard InChI is InChI=1S/C15H16O3/c1-11-10-14(16)13(15(17)18-11)9-5-8-12-6-3-2-4-7-12/h2-4,6-7,10,16H,5,8-9H2,1H3. The first-order chi connectivity index (χ1) is 8.66. The maximum absolute atomic E-state index is 11.6. The monoisotopic (exact) mass is 244 g/mol. The minimum Gasteiger partial charge on any atom is -0.507 e. The van der Waals surface area contributed by atoms with E-state index in [0.717, 1.165) is 12.8 Å². The van der Waals surface area contributed by atoms with Gasteiger partial charge in [-0.1, -0.05) is 30.3 Å². The van der Waals surface area contributed by atoms with E-state index in [1.165, 1.54) is 11.6 Å². The van der Waals surface area contributed by atoms with Crippen LogP contribution in [0, 0.1) is 6.92 Å². The van der Waals surface area contributed by atoms with Crippen molar-refractivity contribution in [3.05, 3.63) is 63.7 Å². The van der Waals surface area contributed by atoms with Crippen molar-refractivity contribution in [3.8, 4) is 5.75 Å². The highest BCUT2D eigenvalue weighted by atomic mass is 16.4. The molecule has 0 bridgehead atoms. The van der Waals surface area contributed by atoms with Crippen LogP contribution in [0.5, 0.6) is 5.75 Å². The number of aromatic hydroxyl groups is 1. The number of hydrogen-bond donors (Lipinski definition) is 1. The fourth-order valence-electron chi connectivity index (χ4n) is 1.97. The minimum absolute atomic E-state index is 0.0387. The highest BCUT2D eigenvalue weighted by Crippen LogP contribution is 2.16. The van der Waals surface area contributed by atoms with Crippen LogP contribution in [0.4, 0.5) is 0 Å². The Bertz CT molecular complexity index is 570. The lowest BCUT2D eigenvalue weighted by molar-refractivity contribution is 0.421. The second kappa shape index (κ2) is 5.54. The summed E-state index contributed by atoms with van der Waals surface area (Å²) in [6.45, 7) is 1.65. The normalized spacial score (nSPS) is 10.5. The van der Waals surface area contributed by atoms with Gasteiger partial charge in [0.2, 0.25) is 0 Å². The summed E-state index contributed by atoms with van der Waals surface area (Å²) < 4.78 is 4.98. The summed E-state index contributed by atoms with van der Waals surface area (Å²) in [6, 6.07) is 11.6. The summed E-state index contributed by atoms with van der Waals surface area (Å²) in [5.74, 6) is 0.473. The van der Waals surface area contributed by atoms with Gasteiger partial charge < -0.3 is 9.52 Å². The summed E-state index contributed by atoms with van der Waals surface area (Å²) in [5.41, 5.74) is 1.17. The van der Waals surface area contributed by atoms with Crippen molar-refractivity contribution in [1.82, 2.24) is 0 Å². The molecule has 0 saturated carbocycles. The highest BCUT2D eigenvalue weighted by Gasteiger charge is 2.09. The third-order valence-corrected chi connectivity index (χ3v) is 2.88. The van der Waals surface area contributed by atoms with Crippen molar-refractivity contribution in [2.24, 2.45) is 0 Å². The Labute approximate surface area is 106 Å². The van der Waals surface area contributed by atoms with Gasteiger partial charge in [0, 0.05) is 6.07 Å². The summed E-state index contributed by atoms with van der Waals surface area (Å²) in [7, 11) is 0. The molecule has 2 aromatic rings. The van der Waals surface area contributed by atoms with Gasteiger partial charge in [0.15, 0.2) is 0 Å². The Morgan fingerprint density at radius 3 is 2.56 bits per heavy atom. The van der Waals surface area contributed by atoms with Gasteiger partial charge in [-0.2, -0.15) is 0 Å². The Balaban J connectivity index is 2.01. The van der Waals surface area contributed by atoms with Gasteiger partial charge in [0.1, 0.15) is 11.5 Å². The van der Waals surface area contributed by atoms with E-state index in [-0.39, 0.29) is 5.75 Å². The first-order valence-electron chi connectivity index (χ1n) is 6.03. The number of aryl methyl sites for hydroxylation is 2. The second-order valence-corrected chi connectivity index (χ2v) is 4.35. The molecule has 3 heteroatoms. The van der Waals surface area contributed by atoms with Crippen LogP contribution >= 0.6 is 0 Å². The van der Waals surface area contributed by atoms with E-state index in [4.69, 9.17) is 4.42 Å². The molecular weight excluding hydrogens is 228 g/mol. The van der Waals surface area contributed by atoms with Gasteiger partial charge in [0.05, 0.1) is 5.56 Å². The Morgan fingerprint density at radius 2 is 1.89 bits per heavy atom. The fourth-order valence-corrected chi connectivity index (χ4v) is 1.97. The molecule has 1 aromatic heterocycles. The molecule has 0 aliphatic rings. The Morgan fingerprint density at radius 1 is 1.17 bits per heavy atom. The van der Waals surface area contributed by atoms with E-state index in [1.54, 1.807) is 6.92 Å². The Hall–Kier alpha value is -2.03. The van der Waals surface area contributed by atoms with Crippen LogP contribution in [0.3, 0.4) is 0 Å².